The van der Waals surface area contributed by atoms with Gasteiger partial charge in [0.05, 0.1) is 4.90 Å². The summed E-state index contributed by atoms with van der Waals surface area (Å²) in [6.45, 7) is 1.25. The summed E-state index contributed by atoms with van der Waals surface area (Å²) in [5.41, 5.74) is 0.240. The molecule has 0 heterocycles. The fraction of sp³-hybridized carbons (Fsp3) is 0.143. The second kappa shape index (κ2) is 4.96. The van der Waals surface area contributed by atoms with Crippen LogP contribution in [0.3, 0.4) is 0 Å². The van der Waals surface area contributed by atoms with Gasteiger partial charge in [-0.25, -0.2) is 8.42 Å². The van der Waals surface area contributed by atoms with E-state index in [1.54, 1.807) is 30.3 Å². The number of rotatable bonds is 3. The molecular formula is C14H13ClO3S. The lowest BCUT2D eigenvalue weighted by atomic mass is 10.1. The van der Waals surface area contributed by atoms with Gasteiger partial charge in [0.1, 0.15) is 0 Å². The third kappa shape index (κ3) is 2.52. The van der Waals surface area contributed by atoms with E-state index in [1.807, 2.05) is 0 Å². The Kier molecular flexibility index (Phi) is 3.67. The molecule has 1 unspecified atom stereocenters. The fourth-order valence-corrected chi connectivity index (χ4v) is 3.36. The van der Waals surface area contributed by atoms with Gasteiger partial charge < -0.3 is 5.11 Å². The molecule has 0 aromatic heterocycles. The van der Waals surface area contributed by atoms with Crippen molar-refractivity contribution in [3.8, 4) is 0 Å². The minimum atomic E-state index is -3.91. The maximum absolute atomic E-state index is 12.5. The number of benzene rings is 2. The van der Waals surface area contributed by atoms with Gasteiger partial charge in [-0.2, -0.15) is 0 Å². The third-order valence-electron chi connectivity index (χ3n) is 2.94. The number of hydrogen-bond acceptors (Lipinski definition) is 3. The summed E-state index contributed by atoms with van der Waals surface area (Å²) in [6, 6.07) is 14.1. The highest BCUT2D eigenvalue weighted by atomic mass is 35.5. The molecule has 2 aromatic carbocycles. The molecule has 1 N–H and O–H groups in total. The average Bonchev–Trinajstić information content (AvgIpc) is 2.39. The van der Waals surface area contributed by atoms with Crippen LogP contribution in [-0.4, -0.2) is 13.5 Å². The van der Waals surface area contributed by atoms with E-state index < -0.39 is 14.8 Å². The minimum Gasteiger partial charge on any atom is -0.371 e. The van der Waals surface area contributed by atoms with Crippen LogP contribution in [0.2, 0.25) is 5.02 Å². The van der Waals surface area contributed by atoms with E-state index in [0.29, 0.717) is 5.02 Å². The summed E-state index contributed by atoms with van der Waals surface area (Å²) in [5, 5.41) is 10.8. The van der Waals surface area contributed by atoms with Crippen molar-refractivity contribution in [3.63, 3.8) is 0 Å². The maximum Gasteiger partial charge on any atom is 0.211 e. The summed E-state index contributed by atoms with van der Waals surface area (Å²) in [7, 11) is -3.91. The predicted molar refractivity (Wildman–Crippen MR) is 74.7 cm³/mol. The zero-order chi connectivity index (χ0) is 14.1. The molecule has 3 nitrogen and oxygen atoms in total. The van der Waals surface area contributed by atoms with E-state index in [2.05, 4.69) is 0 Å². The average molecular weight is 297 g/mol. The van der Waals surface area contributed by atoms with Crippen molar-refractivity contribution in [3.05, 3.63) is 65.2 Å². The van der Waals surface area contributed by atoms with E-state index in [0.717, 1.165) is 0 Å². The number of sulfone groups is 1. The SMILES string of the molecule is CC(O)(c1cccc(Cl)c1)S(=O)(=O)c1ccccc1. The molecule has 2 rings (SSSR count). The van der Waals surface area contributed by atoms with Gasteiger partial charge in [-0.3, -0.25) is 0 Å². The summed E-state index contributed by atoms with van der Waals surface area (Å²) >= 11 is 5.84. The van der Waals surface area contributed by atoms with Crippen molar-refractivity contribution < 1.29 is 13.5 Å². The quantitative estimate of drug-likeness (QED) is 0.947. The number of hydrogen-bond donors (Lipinski definition) is 1. The molecule has 0 aliphatic rings. The van der Waals surface area contributed by atoms with E-state index in [9.17, 15) is 13.5 Å². The first kappa shape index (κ1) is 14.1. The Labute approximate surface area is 117 Å². The highest BCUT2D eigenvalue weighted by molar-refractivity contribution is 7.92. The van der Waals surface area contributed by atoms with E-state index in [-0.39, 0.29) is 10.5 Å². The van der Waals surface area contributed by atoms with Crippen LogP contribution >= 0.6 is 11.6 Å². The molecule has 0 aliphatic heterocycles. The Bertz CT molecular complexity index is 679. The standard InChI is InChI=1S/C14H13ClO3S/c1-14(16,11-6-5-7-12(15)10-11)19(17,18)13-8-3-2-4-9-13/h2-10,16H,1H3. The van der Waals surface area contributed by atoms with Crippen molar-refractivity contribution in [1.82, 2.24) is 0 Å². The van der Waals surface area contributed by atoms with Gasteiger partial charge in [0.15, 0.2) is 4.93 Å². The van der Waals surface area contributed by atoms with Gasteiger partial charge in [0.2, 0.25) is 9.84 Å². The number of halogens is 1. The van der Waals surface area contributed by atoms with Gasteiger partial charge in [-0.15, -0.1) is 0 Å². The molecule has 0 spiro atoms. The zero-order valence-corrected chi connectivity index (χ0v) is 11.8. The molecule has 0 saturated carbocycles. The Balaban J connectivity index is 2.56. The highest BCUT2D eigenvalue weighted by Crippen LogP contribution is 2.33. The van der Waals surface area contributed by atoms with Crippen molar-refractivity contribution >= 4 is 21.4 Å². The van der Waals surface area contributed by atoms with Crippen LogP contribution in [0, 0.1) is 0 Å². The van der Waals surface area contributed by atoms with Crippen LogP contribution in [0.5, 0.6) is 0 Å². The fourth-order valence-electron chi connectivity index (χ4n) is 1.76. The highest BCUT2D eigenvalue weighted by Gasteiger charge is 2.39. The van der Waals surface area contributed by atoms with Crippen LogP contribution in [0.15, 0.2) is 59.5 Å². The summed E-state index contributed by atoms with van der Waals surface area (Å²) < 4.78 is 24.9. The second-order valence-electron chi connectivity index (χ2n) is 4.31. The van der Waals surface area contributed by atoms with Crippen LogP contribution < -0.4 is 0 Å². The van der Waals surface area contributed by atoms with Crippen molar-refractivity contribution in [1.29, 1.82) is 0 Å². The lowest BCUT2D eigenvalue weighted by molar-refractivity contribution is 0.145. The molecule has 2 aromatic rings. The summed E-state index contributed by atoms with van der Waals surface area (Å²) in [6.07, 6.45) is 0. The van der Waals surface area contributed by atoms with Crippen LogP contribution in [0.4, 0.5) is 0 Å². The lowest BCUT2D eigenvalue weighted by Crippen LogP contribution is -2.32. The third-order valence-corrected chi connectivity index (χ3v) is 5.35. The molecule has 0 saturated heterocycles. The van der Waals surface area contributed by atoms with Crippen LogP contribution in [-0.2, 0) is 14.8 Å². The Morgan fingerprint density at radius 1 is 1.05 bits per heavy atom. The zero-order valence-electron chi connectivity index (χ0n) is 10.2. The summed E-state index contributed by atoms with van der Waals surface area (Å²) in [4.78, 5) is -1.96. The smallest absolute Gasteiger partial charge is 0.211 e. The first-order valence-corrected chi connectivity index (χ1v) is 7.50. The lowest BCUT2D eigenvalue weighted by Gasteiger charge is -2.24. The summed E-state index contributed by atoms with van der Waals surface area (Å²) in [5.74, 6) is 0. The molecule has 5 heteroatoms. The van der Waals surface area contributed by atoms with Gasteiger partial charge >= 0.3 is 0 Å². The first-order chi connectivity index (χ1) is 8.85. The Hall–Kier alpha value is -1.36. The predicted octanol–water partition coefficient (Wildman–Crippen LogP) is 2.98. The monoisotopic (exact) mass is 296 g/mol. The van der Waals surface area contributed by atoms with Gasteiger partial charge in [-0.05, 0) is 31.2 Å². The van der Waals surface area contributed by atoms with E-state index >= 15 is 0 Å². The Morgan fingerprint density at radius 2 is 1.68 bits per heavy atom. The largest absolute Gasteiger partial charge is 0.371 e. The van der Waals surface area contributed by atoms with Gasteiger partial charge in [-0.1, -0.05) is 41.9 Å². The molecular weight excluding hydrogens is 284 g/mol. The van der Waals surface area contributed by atoms with Gasteiger partial charge in [0.25, 0.3) is 0 Å². The molecule has 19 heavy (non-hydrogen) atoms. The number of aliphatic hydroxyl groups is 1. The van der Waals surface area contributed by atoms with Crippen molar-refractivity contribution in [2.24, 2.45) is 0 Å². The Morgan fingerprint density at radius 3 is 2.26 bits per heavy atom. The van der Waals surface area contributed by atoms with Crippen LogP contribution in [0.25, 0.3) is 0 Å². The minimum absolute atomic E-state index is 0.0694. The van der Waals surface area contributed by atoms with Crippen molar-refractivity contribution in [2.45, 2.75) is 16.8 Å². The molecule has 0 fully saturated rings. The molecule has 0 amide bonds. The second-order valence-corrected chi connectivity index (χ2v) is 7.02. The maximum atomic E-state index is 12.5. The molecule has 0 aliphatic carbocycles. The molecule has 0 bridgehead atoms. The van der Waals surface area contributed by atoms with Crippen LogP contribution in [0.1, 0.15) is 12.5 Å². The molecule has 0 radical (unpaired) electrons. The van der Waals surface area contributed by atoms with Crippen molar-refractivity contribution in [2.75, 3.05) is 0 Å². The van der Waals surface area contributed by atoms with E-state index in [1.165, 1.54) is 31.2 Å². The molecule has 1 atom stereocenters. The first-order valence-electron chi connectivity index (χ1n) is 5.64. The topological polar surface area (TPSA) is 54.4 Å². The van der Waals surface area contributed by atoms with Gasteiger partial charge in [0, 0.05) is 10.6 Å². The van der Waals surface area contributed by atoms with E-state index in [4.69, 9.17) is 11.6 Å². The normalized spacial score (nSPS) is 14.9. The molecule has 100 valence electrons.